The summed E-state index contributed by atoms with van der Waals surface area (Å²) in [4.78, 5) is 39.3. The van der Waals surface area contributed by atoms with E-state index in [0.717, 1.165) is 16.8 Å². The summed E-state index contributed by atoms with van der Waals surface area (Å²) in [7, 11) is 0. The van der Waals surface area contributed by atoms with E-state index in [1.807, 2.05) is 53.6 Å². The predicted octanol–water partition coefficient (Wildman–Crippen LogP) is 3.33. The summed E-state index contributed by atoms with van der Waals surface area (Å²) in [5, 5.41) is 1.89. The summed E-state index contributed by atoms with van der Waals surface area (Å²) in [6, 6.07) is 11.3. The minimum Gasteiger partial charge on any atom is -0.338 e. The molecule has 6 nitrogen and oxygen atoms in total. The van der Waals surface area contributed by atoms with Crippen molar-refractivity contribution in [1.82, 2.24) is 19.8 Å². The van der Waals surface area contributed by atoms with Crippen LogP contribution in [0.25, 0.3) is 0 Å². The van der Waals surface area contributed by atoms with Crippen molar-refractivity contribution in [3.8, 4) is 0 Å². The second kappa shape index (κ2) is 8.53. The van der Waals surface area contributed by atoms with Crippen LogP contribution in [0, 0.1) is 0 Å². The zero-order valence-electron chi connectivity index (χ0n) is 16.2. The minimum absolute atomic E-state index is 0.00654. The molecular weight excluding hydrogens is 384 g/mol. The van der Waals surface area contributed by atoms with Crippen molar-refractivity contribution in [2.24, 2.45) is 0 Å². The molecule has 0 spiro atoms. The number of fused-ring (bicyclic) bond motifs is 1. The molecule has 4 heterocycles. The molecule has 148 valence electrons. The molecule has 0 aromatic carbocycles. The third-order valence-corrected chi connectivity index (χ3v) is 6.01. The van der Waals surface area contributed by atoms with Crippen molar-refractivity contribution in [2.75, 3.05) is 13.1 Å². The van der Waals surface area contributed by atoms with E-state index in [2.05, 4.69) is 9.97 Å². The second-order valence-corrected chi connectivity index (χ2v) is 7.92. The number of nitrogens with zero attached hydrogens (tertiary/aromatic N) is 4. The van der Waals surface area contributed by atoms with Crippen molar-refractivity contribution in [2.45, 2.75) is 25.9 Å². The average Bonchev–Trinajstić information content (AvgIpc) is 3.31. The Bertz CT molecular complexity index is 991. The van der Waals surface area contributed by atoms with Gasteiger partial charge in [-0.1, -0.05) is 12.1 Å². The molecule has 4 rings (SSSR count). The van der Waals surface area contributed by atoms with E-state index in [-0.39, 0.29) is 11.8 Å². The molecule has 0 saturated heterocycles. The molecule has 29 heavy (non-hydrogen) atoms. The van der Waals surface area contributed by atoms with Crippen LogP contribution in [0.15, 0.2) is 60.4 Å². The smallest absolute Gasteiger partial charge is 0.264 e. The number of hydrogen-bond acceptors (Lipinski definition) is 5. The fourth-order valence-electron chi connectivity index (χ4n) is 3.66. The normalized spacial score (nSPS) is 15.6. The lowest BCUT2D eigenvalue weighted by Crippen LogP contribution is -2.45. The van der Waals surface area contributed by atoms with Crippen LogP contribution in [-0.2, 0) is 17.9 Å². The number of thiophene rings is 1. The first-order valence-corrected chi connectivity index (χ1v) is 10.5. The molecule has 0 N–H and O–H groups in total. The van der Waals surface area contributed by atoms with Gasteiger partial charge in [0.25, 0.3) is 5.91 Å². The maximum atomic E-state index is 13.5. The zero-order chi connectivity index (χ0) is 20.2. The zero-order valence-corrected chi connectivity index (χ0v) is 17.0. The van der Waals surface area contributed by atoms with E-state index in [1.165, 1.54) is 11.3 Å². The largest absolute Gasteiger partial charge is 0.338 e. The number of carbonyl (C=O) groups excluding carboxylic acids is 2. The molecule has 0 aliphatic carbocycles. The van der Waals surface area contributed by atoms with E-state index >= 15 is 0 Å². The van der Waals surface area contributed by atoms with E-state index < -0.39 is 5.92 Å². The van der Waals surface area contributed by atoms with Gasteiger partial charge < -0.3 is 9.80 Å². The van der Waals surface area contributed by atoms with Crippen molar-refractivity contribution in [1.29, 1.82) is 0 Å². The molecule has 3 aromatic rings. The van der Waals surface area contributed by atoms with Crippen LogP contribution in [0.3, 0.4) is 0 Å². The standard InChI is InChI=1S/C22H22N4O2S/c1-2-25(13-16-7-10-23-11-8-16)21(27)18-15-26(22(28)19-6-4-12-29-19)14-17-5-3-9-24-20(17)18/h3-12,18H,2,13-15H2,1H3. The monoisotopic (exact) mass is 406 g/mol. The molecule has 3 aromatic heterocycles. The summed E-state index contributed by atoms with van der Waals surface area (Å²) in [5.41, 5.74) is 2.74. The number of pyridine rings is 2. The molecule has 0 radical (unpaired) electrons. The van der Waals surface area contributed by atoms with Gasteiger partial charge in [-0.2, -0.15) is 0 Å². The van der Waals surface area contributed by atoms with E-state index in [1.54, 1.807) is 23.5 Å². The molecule has 0 saturated carbocycles. The number of hydrogen-bond donors (Lipinski definition) is 0. The Balaban J connectivity index is 1.61. The Kier molecular flexibility index (Phi) is 5.67. The Hall–Kier alpha value is -3.06. The molecule has 1 aliphatic heterocycles. The van der Waals surface area contributed by atoms with Crippen LogP contribution in [0.4, 0.5) is 0 Å². The van der Waals surface area contributed by atoms with E-state index in [9.17, 15) is 9.59 Å². The predicted molar refractivity (Wildman–Crippen MR) is 111 cm³/mol. The Labute approximate surface area is 173 Å². The summed E-state index contributed by atoms with van der Waals surface area (Å²) < 4.78 is 0. The number of likely N-dealkylation sites (N-methyl/N-ethyl adjacent to an activating group) is 1. The lowest BCUT2D eigenvalue weighted by atomic mass is 9.93. The highest BCUT2D eigenvalue weighted by Crippen LogP contribution is 2.30. The summed E-state index contributed by atoms with van der Waals surface area (Å²) in [6.45, 7) is 3.87. The van der Waals surface area contributed by atoms with Crippen LogP contribution >= 0.6 is 11.3 Å². The topological polar surface area (TPSA) is 66.4 Å². The van der Waals surface area contributed by atoms with E-state index in [0.29, 0.717) is 31.1 Å². The average molecular weight is 407 g/mol. The van der Waals surface area contributed by atoms with Crippen molar-refractivity contribution >= 4 is 23.2 Å². The summed E-state index contributed by atoms with van der Waals surface area (Å²) >= 11 is 1.42. The van der Waals surface area contributed by atoms with Crippen LogP contribution in [0.2, 0.25) is 0 Å². The third kappa shape index (κ3) is 4.05. The molecule has 0 fully saturated rings. The number of carbonyl (C=O) groups is 2. The van der Waals surface area contributed by atoms with Gasteiger partial charge >= 0.3 is 0 Å². The molecule has 1 aliphatic rings. The first-order valence-electron chi connectivity index (χ1n) is 9.61. The van der Waals surface area contributed by atoms with Gasteiger partial charge in [0.15, 0.2) is 0 Å². The number of rotatable bonds is 5. The minimum atomic E-state index is -0.467. The van der Waals surface area contributed by atoms with Gasteiger partial charge in [0, 0.05) is 44.8 Å². The summed E-state index contributed by atoms with van der Waals surface area (Å²) in [5.74, 6) is -0.511. The Morgan fingerprint density at radius 1 is 1.17 bits per heavy atom. The summed E-state index contributed by atoms with van der Waals surface area (Å²) in [6.07, 6.45) is 5.17. The lowest BCUT2D eigenvalue weighted by molar-refractivity contribution is -0.134. The first kappa shape index (κ1) is 19.3. The Morgan fingerprint density at radius 2 is 2.00 bits per heavy atom. The fourth-order valence-corrected chi connectivity index (χ4v) is 4.35. The second-order valence-electron chi connectivity index (χ2n) is 6.97. The highest BCUT2D eigenvalue weighted by molar-refractivity contribution is 7.12. The highest BCUT2D eigenvalue weighted by Gasteiger charge is 2.36. The van der Waals surface area contributed by atoms with Crippen LogP contribution in [-0.4, -0.2) is 44.7 Å². The van der Waals surface area contributed by atoms with Crippen molar-refractivity contribution in [3.63, 3.8) is 0 Å². The van der Waals surface area contributed by atoms with Crippen LogP contribution in [0.1, 0.15) is 39.3 Å². The molecule has 1 unspecified atom stereocenters. The first-order chi connectivity index (χ1) is 14.2. The number of amides is 2. The van der Waals surface area contributed by atoms with E-state index in [4.69, 9.17) is 0 Å². The molecular formula is C22H22N4O2S. The molecule has 7 heteroatoms. The van der Waals surface area contributed by atoms with Gasteiger partial charge in [-0.25, -0.2) is 0 Å². The quantitative estimate of drug-likeness (QED) is 0.652. The number of aromatic nitrogens is 2. The van der Waals surface area contributed by atoms with Gasteiger partial charge in [0.1, 0.15) is 0 Å². The fraction of sp³-hybridized carbons (Fsp3) is 0.273. The van der Waals surface area contributed by atoms with Gasteiger partial charge in [-0.15, -0.1) is 11.3 Å². The van der Waals surface area contributed by atoms with Crippen molar-refractivity contribution < 1.29 is 9.59 Å². The lowest BCUT2D eigenvalue weighted by Gasteiger charge is -2.35. The van der Waals surface area contributed by atoms with Gasteiger partial charge in [0.05, 0.1) is 16.5 Å². The molecule has 1 atom stereocenters. The maximum absolute atomic E-state index is 13.5. The molecule has 2 amide bonds. The van der Waals surface area contributed by atoms with Gasteiger partial charge in [0.2, 0.25) is 5.91 Å². The Morgan fingerprint density at radius 3 is 2.72 bits per heavy atom. The van der Waals surface area contributed by atoms with Gasteiger partial charge in [-0.05, 0) is 47.7 Å². The van der Waals surface area contributed by atoms with Crippen molar-refractivity contribution in [3.05, 3.63) is 82.1 Å². The maximum Gasteiger partial charge on any atom is 0.264 e. The molecule has 0 bridgehead atoms. The van der Waals surface area contributed by atoms with Gasteiger partial charge in [-0.3, -0.25) is 19.6 Å². The van der Waals surface area contributed by atoms with Crippen LogP contribution in [0.5, 0.6) is 0 Å². The SMILES string of the molecule is CCN(Cc1ccncc1)C(=O)C1CN(C(=O)c2cccs2)Cc2cccnc21. The highest BCUT2D eigenvalue weighted by atomic mass is 32.1. The van der Waals surface area contributed by atoms with Crippen LogP contribution < -0.4 is 0 Å². The third-order valence-electron chi connectivity index (χ3n) is 5.15.